The lowest BCUT2D eigenvalue weighted by Crippen LogP contribution is -1.94. The summed E-state index contributed by atoms with van der Waals surface area (Å²) in [5.74, 6) is 0. The molecule has 1 aromatic rings. The van der Waals surface area contributed by atoms with Gasteiger partial charge < -0.3 is 5.73 Å². The summed E-state index contributed by atoms with van der Waals surface area (Å²) in [5.41, 5.74) is 4.98. The lowest BCUT2D eigenvalue weighted by atomic mass is 10.2. The molecule has 0 aliphatic carbocycles. The summed E-state index contributed by atoms with van der Waals surface area (Å²) in [6.07, 6.45) is 0. The number of nitro benzene ring substituents is 1. The number of nitrogens with zero attached hydrogens (tertiary/aromatic N) is 2. The van der Waals surface area contributed by atoms with Gasteiger partial charge in [-0.1, -0.05) is 0 Å². The zero-order valence-corrected chi connectivity index (χ0v) is 5.93. The maximum absolute atomic E-state index is 10.3. The van der Waals surface area contributed by atoms with Crippen molar-refractivity contribution >= 4 is 17.1 Å². The number of benzene rings is 1. The number of nitro groups is 1. The first kappa shape index (κ1) is 8.12. The Bertz CT molecular complexity index is 337. The number of nitrogen functional groups attached to an aromatic ring is 1. The summed E-state index contributed by atoms with van der Waals surface area (Å²) in [4.78, 5) is 19.6. The average Bonchev–Trinajstić information content (AvgIpc) is 2.05. The Balaban J connectivity index is 3.25. The number of anilines is 1. The summed E-state index contributed by atoms with van der Waals surface area (Å²) in [6, 6.07) is 3.62. The third-order valence-electron chi connectivity index (χ3n) is 1.32. The van der Waals surface area contributed by atoms with Crippen LogP contribution in [0.1, 0.15) is 0 Å². The average molecular weight is 167 g/mol. The summed E-state index contributed by atoms with van der Waals surface area (Å²) in [5, 5.41) is 12.8. The SMILES string of the molecule is Nc1ccc(N=O)cc1[N+](=O)[O-]. The standard InChI is InChI=1S/C6H5N3O3/c7-5-2-1-4(8-10)3-6(5)9(11)12/h1-3H,7H2. The largest absolute Gasteiger partial charge is 0.393 e. The molecule has 0 fully saturated rings. The van der Waals surface area contributed by atoms with Gasteiger partial charge in [-0.25, -0.2) is 0 Å². The van der Waals surface area contributed by atoms with Crippen molar-refractivity contribution in [1.29, 1.82) is 0 Å². The minimum absolute atomic E-state index is 0.00380. The van der Waals surface area contributed by atoms with Crippen molar-refractivity contribution in [2.45, 2.75) is 0 Å². The molecule has 0 atom stereocenters. The molecule has 2 N–H and O–H groups in total. The van der Waals surface area contributed by atoms with Crippen LogP contribution < -0.4 is 5.73 Å². The van der Waals surface area contributed by atoms with Gasteiger partial charge in [0.2, 0.25) is 0 Å². The maximum Gasteiger partial charge on any atom is 0.294 e. The Morgan fingerprint density at radius 1 is 1.50 bits per heavy atom. The quantitative estimate of drug-likeness (QED) is 0.312. The van der Waals surface area contributed by atoms with Gasteiger partial charge in [-0.15, -0.1) is 4.91 Å². The van der Waals surface area contributed by atoms with Crippen LogP contribution in [0.15, 0.2) is 23.4 Å². The molecular weight excluding hydrogens is 162 g/mol. The fourth-order valence-electron chi connectivity index (χ4n) is 0.747. The number of rotatable bonds is 2. The van der Waals surface area contributed by atoms with E-state index in [2.05, 4.69) is 5.18 Å². The second kappa shape index (κ2) is 2.95. The highest BCUT2D eigenvalue weighted by atomic mass is 16.6. The van der Waals surface area contributed by atoms with Crippen LogP contribution >= 0.6 is 0 Å². The molecular formula is C6H5N3O3. The van der Waals surface area contributed by atoms with Crippen LogP contribution in [0.2, 0.25) is 0 Å². The van der Waals surface area contributed by atoms with Crippen LogP contribution in [0.3, 0.4) is 0 Å². The molecule has 0 aromatic heterocycles. The number of hydrogen-bond acceptors (Lipinski definition) is 5. The first-order valence-corrected chi connectivity index (χ1v) is 3.02. The topological polar surface area (TPSA) is 98.6 Å². The molecule has 0 saturated carbocycles. The smallest absolute Gasteiger partial charge is 0.294 e. The van der Waals surface area contributed by atoms with E-state index >= 15 is 0 Å². The van der Waals surface area contributed by atoms with Crippen molar-refractivity contribution in [2.75, 3.05) is 5.73 Å². The molecule has 6 nitrogen and oxygen atoms in total. The molecule has 0 bridgehead atoms. The van der Waals surface area contributed by atoms with E-state index in [-0.39, 0.29) is 17.1 Å². The fraction of sp³-hybridized carbons (Fsp3) is 0. The van der Waals surface area contributed by atoms with Crippen molar-refractivity contribution < 1.29 is 4.92 Å². The second-order valence-corrected chi connectivity index (χ2v) is 2.09. The predicted octanol–water partition coefficient (Wildman–Crippen LogP) is 1.57. The van der Waals surface area contributed by atoms with E-state index in [1.165, 1.54) is 12.1 Å². The molecule has 0 amide bonds. The molecule has 0 radical (unpaired) electrons. The molecule has 6 heteroatoms. The number of nitroso groups, excluding NO2 is 1. The van der Waals surface area contributed by atoms with Gasteiger partial charge in [-0.3, -0.25) is 10.1 Å². The fourth-order valence-corrected chi connectivity index (χ4v) is 0.747. The van der Waals surface area contributed by atoms with E-state index in [4.69, 9.17) is 5.73 Å². The molecule has 0 aliphatic heterocycles. The van der Waals surface area contributed by atoms with Crippen LogP contribution in [0.25, 0.3) is 0 Å². The molecule has 12 heavy (non-hydrogen) atoms. The predicted molar refractivity (Wildman–Crippen MR) is 43.0 cm³/mol. The van der Waals surface area contributed by atoms with Crippen molar-refractivity contribution in [3.8, 4) is 0 Å². The zero-order valence-electron chi connectivity index (χ0n) is 5.93. The van der Waals surface area contributed by atoms with E-state index in [9.17, 15) is 15.0 Å². The summed E-state index contributed by atoms with van der Waals surface area (Å²) < 4.78 is 0. The van der Waals surface area contributed by atoms with Gasteiger partial charge in [0, 0.05) is 6.07 Å². The van der Waals surface area contributed by atoms with E-state index < -0.39 is 4.92 Å². The Morgan fingerprint density at radius 2 is 2.17 bits per heavy atom. The summed E-state index contributed by atoms with van der Waals surface area (Å²) in [6.45, 7) is 0. The molecule has 1 rings (SSSR count). The van der Waals surface area contributed by atoms with Crippen molar-refractivity contribution in [3.63, 3.8) is 0 Å². The van der Waals surface area contributed by atoms with Gasteiger partial charge >= 0.3 is 0 Å². The van der Waals surface area contributed by atoms with Crippen LogP contribution in [0.5, 0.6) is 0 Å². The highest BCUT2D eigenvalue weighted by Gasteiger charge is 2.11. The second-order valence-electron chi connectivity index (χ2n) is 2.09. The van der Waals surface area contributed by atoms with Crippen LogP contribution in [0.4, 0.5) is 17.1 Å². The summed E-state index contributed by atoms with van der Waals surface area (Å²) >= 11 is 0. The minimum Gasteiger partial charge on any atom is -0.393 e. The van der Waals surface area contributed by atoms with E-state index in [1.807, 2.05) is 0 Å². The van der Waals surface area contributed by atoms with Gasteiger partial charge in [-0.05, 0) is 17.3 Å². The Morgan fingerprint density at radius 3 is 2.67 bits per heavy atom. The van der Waals surface area contributed by atoms with Gasteiger partial charge in [0.05, 0.1) is 4.92 Å². The lowest BCUT2D eigenvalue weighted by molar-refractivity contribution is -0.383. The molecule has 0 spiro atoms. The van der Waals surface area contributed by atoms with Gasteiger partial charge in [0.1, 0.15) is 11.4 Å². The monoisotopic (exact) mass is 167 g/mol. The van der Waals surface area contributed by atoms with Crippen molar-refractivity contribution in [1.82, 2.24) is 0 Å². The first-order chi connectivity index (χ1) is 5.65. The Kier molecular flexibility index (Phi) is 2.00. The van der Waals surface area contributed by atoms with Crippen molar-refractivity contribution in [2.24, 2.45) is 5.18 Å². The zero-order chi connectivity index (χ0) is 9.14. The molecule has 1 aromatic carbocycles. The van der Waals surface area contributed by atoms with Gasteiger partial charge in [0.15, 0.2) is 0 Å². The normalized spacial score (nSPS) is 9.33. The molecule has 62 valence electrons. The third-order valence-corrected chi connectivity index (χ3v) is 1.32. The molecule has 0 saturated heterocycles. The number of hydrogen-bond donors (Lipinski definition) is 1. The third kappa shape index (κ3) is 1.36. The molecule has 0 unspecified atom stereocenters. The number of nitrogens with two attached hydrogens (primary N) is 1. The molecule has 0 heterocycles. The van der Waals surface area contributed by atoms with Crippen LogP contribution in [-0.2, 0) is 0 Å². The van der Waals surface area contributed by atoms with Crippen LogP contribution in [0, 0.1) is 15.0 Å². The van der Waals surface area contributed by atoms with Crippen LogP contribution in [-0.4, -0.2) is 4.92 Å². The van der Waals surface area contributed by atoms with E-state index in [1.54, 1.807) is 0 Å². The van der Waals surface area contributed by atoms with E-state index in [0.717, 1.165) is 6.07 Å². The van der Waals surface area contributed by atoms with Gasteiger partial charge in [0.25, 0.3) is 5.69 Å². The highest BCUT2D eigenvalue weighted by Crippen LogP contribution is 2.26. The van der Waals surface area contributed by atoms with Gasteiger partial charge in [-0.2, -0.15) is 0 Å². The maximum atomic E-state index is 10.3. The Hall–Kier alpha value is -1.98. The van der Waals surface area contributed by atoms with Crippen molar-refractivity contribution in [3.05, 3.63) is 33.2 Å². The van der Waals surface area contributed by atoms with E-state index in [0.29, 0.717) is 0 Å². The lowest BCUT2D eigenvalue weighted by Gasteiger charge is -1.95. The minimum atomic E-state index is -0.663. The molecule has 0 aliphatic rings. The Labute approximate surface area is 67.1 Å². The summed E-state index contributed by atoms with van der Waals surface area (Å²) in [7, 11) is 0. The first-order valence-electron chi connectivity index (χ1n) is 3.02. The highest BCUT2D eigenvalue weighted by molar-refractivity contribution is 5.63.